The Morgan fingerprint density at radius 2 is 2.09 bits per heavy atom. The Morgan fingerprint density at radius 3 is 2.82 bits per heavy atom. The molecule has 0 spiro atoms. The number of aliphatic hydroxyl groups excluding tert-OH is 1. The van der Waals surface area contributed by atoms with Crippen molar-refractivity contribution in [2.75, 3.05) is 29.9 Å². The fraction of sp³-hybridized carbons (Fsp3) is 0.571. The van der Waals surface area contributed by atoms with E-state index in [1.54, 1.807) is 0 Å². The third-order valence-corrected chi connectivity index (χ3v) is 3.53. The zero-order valence-corrected chi connectivity index (χ0v) is 12.6. The number of aryl methyl sites for hydroxylation is 1. The van der Waals surface area contributed by atoms with E-state index in [-0.39, 0.29) is 12.5 Å². The molecule has 0 saturated carbocycles. The van der Waals surface area contributed by atoms with E-state index in [9.17, 15) is 0 Å². The Hall–Kier alpha value is -2.22. The molecular weight excluding hydrogens is 284 g/mol. The molecule has 0 radical (unpaired) electrons. The van der Waals surface area contributed by atoms with Gasteiger partial charge in [-0.1, -0.05) is 5.16 Å². The van der Waals surface area contributed by atoms with Crippen LogP contribution in [0.4, 0.5) is 11.8 Å². The van der Waals surface area contributed by atoms with Gasteiger partial charge in [-0.05, 0) is 19.8 Å². The van der Waals surface area contributed by atoms with Gasteiger partial charge in [0, 0.05) is 37.8 Å². The monoisotopic (exact) mass is 304 g/mol. The van der Waals surface area contributed by atoms with Crippen molar-refractivity contribution in [3.8, 4) is 0 Å². The second-order valence-corrected chi connectivity index (χ2v) is 5.33. The van der Waals surface area contributed by atoms with E-state index >= 15 is 0 Å². The minimum absolute atomic E-state index is 0.231. The van der Waals surface area contributed by atoms with E-state index in [2.05, 4.69) is 30.3 Å². The van der Waals surface area contributed by atoms with Gasteiger partial charge >= 0.3 is 0 Å². The lowest BCUT2D eigenvalue weighted by Gasteiger charge is -2.16. The summed E-state index contributed by atoms with van der Waals surface area (Å²) < 4.78 is 4.85. The van der Waals surface area contributed by atoms with Gasteiger partial charge in [0.1, 0.15) is 12.4 Å². The van der Waals surface area contributed by atoms with Gasteiger partial charge in [0.15, 0.2) is 5.82 Å². The van der Waals surface area contributed by atoms with Gasteiger partial charge in [-0.25, -0.2) is 4.98 Å². The first-order valence-corrected chi connectivity index (χ1v) is 7.51. The van der Waals surface area contributed by atoms with Crippen LogP contribution in [0.3, 0.4) is 0 Å². The van der Waals surface area contributed by atoms with E-state index in [0.717, 1.165) is 30.5 Å². The van der Waals surface area contributed by atoms with E-state index in [4.69, 9.17) is 9.63 Å². The Bertz CT molecular complexity index is 624. The van der Waals surface area contributed by atoms with Gasteiger partial charge in [0.2, 0.25) is 5.95 Å². The summed E-state index contributed by atoms with van der Waals surface area (Å²) in [5.41, 5.74) is 0.946. The molecule has 2 aromatic heterocycles. The predicted octanol–water partition coefficient (Wildman–Crippen LogP) is 0.915. The van der Waals surface area contributed by atoms with E-state index in [1.807, 2.05) is 13.0 Å². The van der Waals surface area contributed by atoms with Crippen LogP contribution in [0.2, 0.25) is 0 Å². The third-order valence-electron chi connectivity index (χ3n) is 3.53. The minimum Gasteiger partial charge on any atom is -0.387 e. The highest BCUT2D eigenvalue weighted by molar-refractivity contribution is 5.44. The first-order chi connectivity index (χ1) is 10.7. The maximum Gasteiger partial charge on any atom is 0.252 e. The Labute approximate surface area is 128 Å². The highest BCUT2D eigenvalue weighted by Gasteiger charge is 2.15. The number of hydrogen-bond donors (Lipinski definition) is 2. The van der Waals surface area contributed by atoms with Gasteiger partial charge in [-0.2, -0.15) is 9.97 Å². The van der Waals surface area contributed by atoms with Crippen molar-refractivity contribution in [2.24, 2.45) is 0 Å². The molecular formula is C14H20N6O2. The molecule has 0 aliphatic carbocycles. The van der Waals surface area contributed by atoms with E-state index in [1.165, 1.54) is 12.8 Å². The molecule has 2 N–H and O–H groups in total. The molecule has 0 aromatic carbocycles. The summed E-state index contributed by atoms with van der Waals surface area (Å²) in [4.78, 5) is 15.3. The molecule has 0 bridgehead atoms. The zero-order valence-electron chi connectivity index (χ0n) is 12.6. The van der Waals surface area contributed by atoms with Crippen LogP contribution >= 0.6 is 0 Å². The Kier molecular flexibility index (Phi) is 4.47. The molecule has 1 fully saturated rings. The number of aromatic nitrogens is 4. The quantitative estimate of drug-likeness (QED) is 0.812. The van der Waals surface area contributed by atoms with Crippen molar-refractivity contribution < 1.29 is 9.63 Å². The first-order valence-electron chi connectivity index (χ1n) is 7.51. The minimum atomic E-state index is -0.231. The second-order valence-electron chi connectivity index (χ2n) is 5.33. The molecule has 3 heterocycles. The van der Waals surface area contributed by atoms with Gasteiger partial charge in [-0.15, -0.1) is 0 Å². The van der Waals surface area contributed by atoms with Crippen LogP contribution in [-0.4, -0.2) is 44.8 Å². The van der Waals surface area contributed by atoms with E-state index in [0.29, 0.717) is 18.8 Å². The zero-order chi connectivity index (χ0) is 15.4. The SMILES string of the molecule is Cc1cc(NCCc2noc(CO)n2)nc(N2CCCC2)n1. The predicted molar refractivity (Wildman–Crippen MR) is 80.6 cm³/mol. The second kappa shape index (κ2) is 6.69. The number of aliphatic hydroxyl groups is 1. The van der Waals surface area contributed by atoms with Crippen LogP contribution in [0.1, 0.15) is 30.3 Å². The Morgan fingerprint density at radius 1 is 1.27 bits per heavy atom. The fourth-order valence-electron chi connectivity index (χ4n) is 2.46. The molecule has 0 unspecified atom stereocenters. The fourth-order valence-corrected chi connectivity index (χ4v) is 2.46. The maximum absolute atomic E-state index is 8.89. The van der Waals surface area contributed by atoms with Crippen LogP contribution < -0.4 is 10.2 Å². The average Bonchev–Trinajstić information content (AvgIpc) is 3.18. The largest absolute Gasteiger partial charge is 0.387 e. The summed E-state index contributed by atoms with van der Waals surface area (Å²) in [6, 6.07) is 1.93. The molecule has 8 heteroatoms. The first kappa shape index (κ1) is 14.7. The lowest BCUT2D eigenvalue weighted by atomic mass is 10.3. The molecule has 0 atom stereocenters. The van der Waals surface area contributed by atoms with Crippen molar-refractivity contribution in [1.29, 1.82) is 0 Å². The molecule has 8 nitrogen and oxygen atoms in total. The van der Waals surface area contributed by atoms with Gasteiger partial charge < -0.3 is 19.8 Å². The maximum atomic E-state index is 8.89. The average molecular weight is 304 g/mol. The van der Waals surface area contributed by atoms with Crippen molar-refractivity contribution in [1.82, 2.24) is 20.1 Å². The lowest BCUT2D eigenvalue weighted by molar-refractivity contribution is 0.222. The number of anilines is 2. The molecule has 1 saturated heterocycles. The molecule has 1 aliphatic heterocycles. The Balaban J connectivity index is 1.59. The molecule has 118 valence electrons. The normalized spacial score (nSPS) is 14.5. The number of nitrogens with zero attached hydrogens (tertiary/aromatic N) is 5. The van der Waals surface area contributed by atoms with E-state index < -0.39 is 0 Å². The highest BCUT2D eigenvalue weighted by atomic mass is 16.5. The third kappa shape index (κ3) is 3.51. The van der Waals surface area contributed by atoms with Gasteiger partial charge in [0.05, 0.1) is 0 Å². The summed E-state index contributed by atoms with van der Waals surface area (Å²) in [6.07, 6.45) is 3.00. The summed E-state index contributed by atoms with van der Waals surface area (Å²) in [6.45, 7) is 4.43. The molecule has 1 aliphatic rings. The molecule has 2 aromatic rings. The van der Waals surface area contributed by atoms with Gasteiger partial charge in [-0.3, -0.25) is 0 Å². The summed E-state index contributed by atoms with van der Waals surface area (Å²) in [5, 5.41) is 15.9. The standard InChI is InChI=1S/C14H20N6O2/c1-10-8-12(18-14(16-10)20-6-2-3-7-20)15-5-4-11-17-13(9-21)22-19-11/h8,21H,2-7,9H2,1H3,(H,15,16,18). The number of nitrogens with one attached hydrogen (secondary N) is 1. The van der Waals surface area contributed by atoms with Crippen LogP contribution in [0.25, 0.3) is 0 Å². The molecule has 22 heavy (non-hydrogen) atoms. The van der Waals surface area contributed by atoms with Crippen molar-refractivity contribution in [3.63, 3.8) is 0 Å². The smallest absolute Gasteiger partial charge is 0.252 e. The van der Waals surface area contributed by atoms with Crippen molar-refractivity contribution in [3.05, 3.63) is 23.5 Å². The number of hydrogen-bond acceptors (Lipinski definition) is 8. The molecule has 0 amide bonds. The van der Waals surface area contributed by atoms with Crippen LogP contribution in [0.15, 0.2) is 10.6 Å². The summed E-state index contributed by atoms with van der Waals surface area (Å²) >= 11 is 0. The summed E-state index contributed by atoms with van der Waals surface area (Å²) in [5.74, 6) is 2.41. The van der Waals surface area contributed by atoms with Gasteiger partial charge in [0.25, 0.3) is 5.89 Å². The van der Waals surface area contributed by atoms with Crippen LogP contribution in [0.5, 0.6) is 0 Å². The molecule has 3 rings (SSSR count). The highest BCUT2D eigenvalue weighted by Crippen LogP contribution is 2.18. The van der Waals surface area contributed by atoms with Crippen molar-refractivity contribution >= 4 is 11.8 Å². The topological polar surface area (TPSA) is 100 Å². The number of rotatable bonds is 6. The van der Waals surface area contributed by atoms with Crippen molar-refractivity contribution in [2.45, 2.75) is 32.8 Å². The van der Waals surface area contributed by atoms with Crippen LogP contribution in [-0.2, 0) is 13.0 Å². The van der Waals surface area contributed by atoms with Crippen LogP contribution in [0, 0.1) is 6.92 Å². The lowest BCUT2D eigenvalue weighted by Crippen LogP contribution is -2.21. The summed E-state index contributed by atoms with van der Waals surface area (Å²) in [7, 11) is 0.